The van der Waals surface area contributed by atoms with Gasteiger partial charge in [-0.1, -0.05) is 79.8 Å². The van der Waals surface area contributed by atoms with Gasteiger partial charge in [0.2, 0.25) is 6.85 Å². The van der Waals surface area contributed by atoms with Gasteiger partial charge in [0, 0.05) is 5.54 Å². The summed E-state index contributed by atoms with van der Waals surface area (Å²) in [6.45, 7) is 35.9. The average molecular weight is 359 g/mol. The number of allylic oxidation sites excluding steroid dienone is 3. The standard InChI is InChI=1S/C24H46BN/c1-14-21(5,6)17-20(4)26(25(13)19-23(9,10)16-3)24(11,12)18-22(7,8)15-2/h14-16,20H,1-3,17-19H2,4-13H3. The monoisotopic (exact) mass is 359 g/mol. The van der Waals surface area contributed by atoms with Gasteiger partial charge in [-0.3, -0.25) is 0 Å². The molecule has 150 valence electrons. The van der Waals surface area contributed by atoms with Gasteiger partial charge in [0.25, 0.3) is 0 Å². The van der Waals surface area contributed by atoms with Crippen molar-refractivity contribution in [2.24, 2.45) is 16.2 Å². The third kappa shape index (κ3) is 7.86. The topological polar surface area (TPSA) is 3.24 Å². The van der Waals surface area contributed by atoms with E-state index in [9.17, 15) is 0 Å². The molecule has 0 spiro atoms. The summed E-state index contributed by atoms with van der Waals surface area (Å²) in [5.74, 6) is 0. The molecule has 0 aromatic rings. The van der Waals surface area contributed by atoms with Gasteiger partial charge in [-0.25, -0.2) is 0 Å². The fourth-order valence-corrected chi connectivity index (χ4v) is 4.79. The maximum Gasteiger partial charge on any atom is 0.221 e. The maximum atomic E-state index is 4.07. The van der Waals surface area contributed by atoms with Crippen molar-refractivity contribution < 1.29 is 0 Å². The molecule has 1 unspecified atom stereocenters. The second-order valence-electron chi connectivity index (χ2n) is 11.1. The highest BCUT2D eigenvalue weighted by Crippen LogP contribution is 2.39. The second kappa shape index (κ2) is 8.96. The van der Waals surface area contributed by atoms with Crippen molar-refractivity contribution >= 4 is 6.85 Å². The summed E-state index contributed by atoms with van der Waals surface area (Å²) in [5, 5.41) is 0. The first-order valence-corrected chi connectivity index (χ1v) is 10.2. The van der Waals surface area contributed by atoms with E-state index in [4.69, 9.17) is 0 Å². The van der Waals surface area contributed by atoms with E-state index in [2.05, 4.69) is 112 Å². The first-order valence-electron chi connectivity index (χ1n) is 10.2. The Hall–Kier alpha value is -0.755. The van der Waals surface area contributed by atoms with E-state index in [1.165, 1.54) is 0 Å². The second-order valence-corrected chi connectivity index (χ2v) is 11.1. The maximum absolute atomic E-state index is 4.07. The molecule has 0 fully saturated rings. The SMILES string of the molecule is C=CC(C)(C)CB(C)N(C(C)CC(C)(C)C=C)C(C)(C)CC(C)(C)C=C. The molecule has 0 aromatic heterocycles. The van der Waals surface area contributed by atoms with E-state index in [0.717, 1.165) is 19.2 Å². The molecule has 0 aliphatic rings. The van der Waals surface area contributed by atoms with Crippen LogP contribution in [0.5, 0.6) is 0 Å². The van der Waals surface area contributed by atoms with Gasteiger partial charge >= 0.3 is 0 Å². The van der Waals surface area contributed by atoms with Crippen LogP contribution in [0, 0.1) is 16.2 Å². The Bertz CT molecular complexity index is 456. The van der Waals surface area contributed by atoms with Gasteiger partial charge in [0.1, 0.15) is 0 Å². The van der Waals surface area contributed by atoms with E-state index >= 15 is 0 Å². The van der Waals surface area contributed by atoms with Crippen molar-refractivity contribution in [1.29, 1.82) is 0 Å². The summed E-state index contributed by atoms with van der Waals surface area (Å²) in [5.41, 5.74) is 0.457. The summed E-state index contributed by atoms with van der Waals surface area (Å²) in [6, 6.07) is 0.467. The van der Waals surface area contributed by atoms with Crippen LogP contribution >= 0.6 is 0 Å². The van der Waals surface area contributed by atoms with Gasteiger partial charge in [0.05, 0.1) is 0 Å². The van der Waals surface area contributed by atoms with E-state index in [1.54, 1.807) is 0 Å². The lowest BCUT2D eigenvalue weighted by molar-refractivity contribution is 0.110. The number of hydrogen-bond acceptors (Lipinski definition) is 1. The normalized spacial score (nSPS) is 14.9. The molecule has 1 nitrogen and oxygen atoms in total. The minimum atomic E-state index is 0.0744. The number of rotatable bonds is 12. The van der Waals surface area contributed by atoms with Crippen LogP contribution in [0.1, 0.15) is 75.2 Å². The Morgan fingerprint density at radius 1 is 0.808 bits per heavy atom. The van der Waals surface area contributed by atoms with Gasteiger partial charge in [-0.05, 0) is 49.0 Å². The van der Waals surface area contributed by atoms with Crippen LogP contribution in [-0.4, -0.2) is 23.2 Å². The molecule has 0 heterocycles. The van der Waals surface area contributed by atoms with E-state index < -0.39 is 0 Å². The van der Waals surface area contributed by atoms with Crippen LogP contribution in [0.25, 0.3) is 0 Å². The lowest BCUT2D eigenvalue weighted by Gasteiger charge is -2.50. The van der Waals surface area contributed by atoms with Gasteiger partial charge in [0.15, 0.2) is 0 Å². The molecule has 2 heteroatoms. The van der Waals surface area contributed by atoms with Crippen LogP contribution in [0.2, 0.25) is 13.1 Å². The molecule has 0 aliphatic heterocycles. The molecule has 1 atom stereocenters. The highest BCUT2D eigenvalue weighted by atomic mass is 15.2. The van der Waals surface area contributed by atoms with Crippen LogP contribution in [0.3, 0.4) is 0 Å². The molecule has 0 saturated carbocycles. The molecule has 0 bridgehead atoms. The first-order chi connectivity index (χ1) is 11.5. The van der Waals surface area contributed by atoms with E-state index in [1.807, 2.05) is 0 Å². The van der Waals surface area contributed by atoms with E-state index in [0.29, 0.717) is 12.9 Å². The zero-order valence-electron chi connectivity index (χ0n) is 19.6. The van der Waals surface area contributed by atoms with Crippen LogP contribution < -0.4 is 0 Å². The number of nitrogens with zero attached hydrogens (tertiary/aromatic N) is 1. The lowest BCUT2D eigenvalue weighted by atomic mass is 9.50. The molecule has 26 heavy (non-hydrogen) atoms. The third-order valence-electron chi connectivity index (χ3n) is 5.84. The van der Waals surface area contributed by atoms with Crippen molar-refractivity contribution in [2.75, 3.05) is 0 Å². The third-order valence-corrected chi connectivity index (χ3v) is 5.84. The molecule has 0 saturated heterocycles. The van der Waals surface area contributed by atoms with Crippen molar-refractivity contribution in [3.05, 3.63) is 38.0 Å². The zero-order chi connectivity index (χ0) is 21.0. The predicted molar refractivity (Wildman–Crippen MR) is 123 cm³/mol. The van der Waals surface area contributed by atoms with Crippen LogP contribution in [0.4, 0.5) is 0 Å². The van der Waals surface area contributed by atoms with Crippen molar-refractivity contribution in [2.45, 2.75) is 99.9 Å². The Morgan fingerprint density at radius 3 is 1.62 bits per heavy atom. The minimum absolute atomic E-state index is 0.0744. The zero-order valence-corrected chi connectivity index (χ0v) is 19.6. The molecule has 0 aromatic carbocycles. The Balaban J connectivity index is 5.82. The largest absolute Gasteiger partial charge is 0.335 e. The number of hydrogen-bond donors (Lipinski definition) is 0. The highest BCUT2D eigenvalue weighted by molar-refractivity contribution is 6.54. The fraction of sp³-hybridized carbons (Fsp3) is 0.750. The Morgan fingerprint density at radius 2 is 1.23 bits per heavy atom. The predicted octanol–water partition coefficient (Wildman–Crippen LogP) is 7.49. The summed E-state index contributed by atoms with van der Waals surface area (Å²) in [7, 11) is 0. The Kier molecular flexibility index (Phi) is 8.70. The molecular weight excluding hydrogens is 313 g/mol. The smallest absolute Gasteiger partial charge is 0.221 e. The fourth-order valence-electron chi connectivity index (χ4n) is 4.79. The summed E-state index contributed by atoms with van der Waals surface area (Å²) in [6.07, 6.45) is 9.59. The molecule has 0 N–H and O–H groups in total. The quantitative estimate of drug-likeness (QED) is 0.258. The minimum Gasteiger partial charge on any atom is -0.335 e. The van der Waals surface area contributed by atoms with Crippen molar-refractivity contribution in [1.82, 2.24) is 4.81 Å². The Labute approximate surface area is 166 Å². The van der Waals surface area contributed by atoms with Gasteiger partial charge in [-0.2, -0.15) is 0 Å². The van der Waals surface area contributed by atoms with Gasteiger partial charge < -0.3 is 4.81 Å². The molecule has 0 aliphatic carbocycles. The lowest BCUT2D eigenvalue weighted by Crippen LogP contribution is -2.58. The van der Waals surface area contributed by atoms with Crippen molar-refractivity contribution in [3.63, 3.8) is 0 Å². The van der Waals surface area contributed by atoms with Crippen molar-refractivity contribution in [3.8, 4) is 0 Å². The highest BCUT2D eigenvalue weighted by Gasteiger charge is 2.40. The first kappa shape index (κ1) is 25.2. The summed E-state index contributed by atoms with van der Waals surface area (Å²) in [4.78, 5) is 2.74. The summed E-state index contributed by atoms with van der Waals surface area (Å²) < 4.78 is 0. The van der Waals surface area contributed by atoms with Gasteiger partial charge in [-0.15, -0.1) is 19.7 Å². The molecular formula is C24H46BN. The summed E-state index contributed by atoms with van der Waals surface area (Å²) >= 11 is 0. The van der Waals surface area contributed by atoms with Crippen LogP contribution in [-0.2, 0) is 0 Å². The molecule has 0 radical (unpaired) electrons. The molecule has 0 amide bonds. The average Bonchev–Trinajstić information content (AvgIpc) is 2.44. The van der Waals surface area contributed by atoms with Crippen LogP contribution in [0.15, 0.2) is 38.0 Å². The van der Waals surface area contributed by atoms with E-state index in [-0.39, 0.29) is 21.8 Å². The molecule has 0 rings (SSSR count).